The maximum Gasteiger partial charge on any atom is 0.167 e. The molecule has 0 unspecified atom stereocenters. The van der Waals surface area contributed by atoms with E-state index in [9.17, 15) is 14.0 Å². The Labute approximate surface area is 136 Å². The second-order valence-corrected chi connectivity index (χ2v) is 5.26. The molecule has 0 fully saturated rings. The summed E-state index contributed by atoms with van der Waals surface area (Å²) in [5.41, 5.74) is 3.15. The maximum absolute atomic E-state index is 14.3. The lowest BCUT2D eigenvalue weighted by Crippen LogP contribution is -1.96. The maximum atomic E-state index is 14.3. The highest BCUT2D eigenvalue weighted by Gasteiger charge is 2.29. The number of fused-ring (bicyclic) bond motifs is 3. The lowest BCUT2D eigenvalue weighted by atomic mass is 9.94. The number of rotatable bonds is 1. The van der Waals surface area contributed by atoms with Gasteiger partial charge in [0.1, 0.15) is 6.07 Å². The summed E-state index contributed by atoms with van der Waals surface area (Å²) >= 11 is 0. The molecule has 0 spiro atoms. The first kappa shape index (κ1) is 14.2. The third-order valence-electron chi connectivity index (χ3n) is 3.96. The zero-order chi connectivity index (χ0) is 16.7. The summed E-state index contributed by atoms with van der Waals surface area (Å²) < 4.78 is 27.9. The van der Waals surface area contributed by atoms with Crippen LogP contribution in [0.3, 0.4) is 0 Å². The van der Waals surface area contributed by atoms with E-state index in [1.165, 1.54) is 12.1 Å². The molecule has 2 aromatic heterocycles. The largest absolute Gasteiger partial charge is 0.254 e. The average Bonchev–Trinajstić information content (AvgIpc) is 2.94. The molecule has 1 aliphatic rings. The van der Waals surface area contributed by atoms with Crippen LogP contribution in [0.4, 0.5) is 8.78 Å². The van der Waals surface area contributed by atoms with Gasteiger partial charge < -0.3 is 0 Å². The molecule has 0 saturated carbocycles. The fraction of sp³-hybridized carbons (Fsp3) is 0. The third kappa shape index (κ3) is 1.94. The Balaban J connectivity index is 2.12. The van der Waals surface area contributed by atoms with Gasteiger partial charge >= 0.3 is 0 Å². The van der Waals surface area contributed by atoms with Crippen LogP contribution in [0.2, 0.25) is 0 Å². The van der Waals surface area contributed by atoms with E-state index in [-0.39, 0.29) is 11.1 Å². The standard InChI is InChI=1S/C19H9F2N3/c20-15-7-1-4-11(17(15)21)14(10-22)16-12-5-2-8-23-18(12)19-13(16)6-3-9-24-19/h1-9H. The van der Waals surface area contributed by atoms with Crippen LogP contribution in [-0.4, -0.2) is 9.97 Å². The SMILES string of the molecule is N#CC(=C1c2cccnc2-c2ncccc21)c1cccc(F)c1F. The quantitative estimate of drug-likeness (QED) is 0.494. The van der Waals surface area contributed by atoms with Gasteiger partial charge in [0.05, 0.1) is 17.0 Å². The summed E-state index contributed by atoms with van der Waals surface area (Å²) in [6, 6.07) is 12.9. The molecule has 0 atom stereocenters. The molecule has 1 aromatic carbocycles. The van der Waals surface area contributed by atoms with Crippen molar-refractivity contribution in [3.8, 4) is 17.5 Å². The molecule has 0 amide bonds. The molecule has 2 heterocycles. The minimum atomic E-state index is -1.04. The van der Waals surface area contributed by atoms with E-state index in [2.05, 4.69) is 9.97 Å². The van der Waals surface area contributed by atoms with Crippen LogP contribution in [0.5, 0.6) is 0 Å². The van der Waals surface area contributed by atoms with Gasteiger partial charge in [0.15, 0.2) is 11.6 Å². The van der Waals surface area contributed by atoms with Crippen LogP contribution >= 0.6 is 0 Å². The molecule has 3 aromatic rings. The number of hydrogen-bond acceptors (Lipinski definition) is 3. The molecule has 0 radical (unpaired) electrons. The predicted molar refractivity (Wildman–Crippen MR) is 85.4 cm³/mol. The van der Waals surface area contributed by atoms with Crippen LogP contribution in [0.25, 0.3) is 22.5 Å². The van der Waals surface area contributed by atoms with Crippen molar-refractivity contribution in [2.75, 3.05) is 0 Å². The lowest BCUT2D eigenvalue weighted by molar-refractivity contribution is 0.506. The van der Waals surface area contributed by atoms with E-state index in [1.807, 2.05) is 6.07 Å². The summed E-state index contributed by atoms with van der Waals surface area (Å²) in [5.74, 6) is -2.03. The Morgan fingerprint density at radius 2 is 1.50 bits per heavy atom. The molecule has 3 nitrogen and oxygen atoms in total. The van der Waals surface area contributed by atoms with Gasteiger partial charge in [-0.05, 0) is 18.2 Å². The van der Waals surface area contributed by atoms with Crippen LogP contribution in [0.15, 0.2) is 54.9 Å². The second-order valence-electron chi connectivity index (χ2n) is 5.26. The van der Waals surface area contributed by atoms with Crippen LogP contribution in [0.1, 0.15) is 16.7 Å². The van der Waals surface area contributed by atoms with Crippen molar-refractivity contribution in [1.82, 2.24) is 9.97 Å². The first-order valence-corrected chi connectivity index (χ1v) is 7.22. The van der Waals surface area contributed by atoms with Crippen LogP contribution < -0.4 is 0 Å². The molecular formula is C19H9F2N3. The van der Waals surface area contributed by atoms with Crippen LogP contribution in [0, 0.1) is 23.0 Å². The highest BCUT2D eigenvalue weighted by molar-refractivity contribution is 6.11. The Bertz CT molecular complexity index is 1000. The fourth-order valence-electron chi connectivity index (χ4n) is 2.95. The Hall–Kier alpha value is -3.39. The van der Waals surface area contributed by atoms with Gasteiger partial charge in [-0.2, -0.15) is 5.26 Å². The number of nitriles is 1. The molecule has 0 aliphatic heterocycles. The van der Waals surface area contributed by atoms with Gasteiger partial charge in [0, 0.05) is 34.7 Å². The van der Waals surface area contributed by atoms with Crippen molar-refractivity contribution in [3.63, 3.8) is 0 Å². The van der Waals surface area contributed by atoms with Crippen LogP contribution in [-0.2, 0) is 0 Å². The van der Waals surface area contributed by atoms with E-state index in [0.717, 1.165) is 6.07 Å². The molecule has 0 N–H and O–H groups in total. The molecule has 114 valence electrons. The Morgan fingerprint density at radius 3 is 2.08 bits per heavy atom. The normalized spacial score (nSPS) is 11.6. The first-order valence-electron chi connectivity index (χ1n) is 7.22. The van der Waals surface area contributed by atoms with E-state index in [4.69, 9.17) is 0 Å². The molecule has 1 aliphatic carbocycles. The lowest BCUT2D eigenvalue weighted by Gasteiger charge is -2.08. The molecule has 4 rings (SSSR count). The number of benzene rings is 1. The molecule has 24 heavy (non-hydrogen) atoms. The number of nitrogens with zero attached hydrogens (tertiary/aromatic N) is 3. The monoisotopic (exact) mass is 317 g/mol. The van der Waals surface area contributed by atoms with Gasteiger partial charge in [0.2, 0.25) is 0 Å². The predicted octanol–water partition coefficient (Wildman–Crippen LogP) is 4.22. The topological polar surface area (TPSA) is 49.6 Å². The highest BCUT2D eigenvalue weighted by Crippen LogP contribution is 2.45. The number of aromatic nitrogens is 2. The number of allylic oxidation sites excluding steroid dienone is 1. The van der Waals surface area contributed by atoms with E-state index in [0.29, 0.717) is 28.1 Å². The van der Waals surface area contributed by atoms with Crippen molar-refractivity contribution in [1.29, 1.82) is 5.26 Å². The van der Waals surface area contributed by atoms with Gasteiger partial charge in [-0.3, -0.25) is 9.97 Å². The van der Waals surface area contributed by atoms with Gasteiger partial charge in [-0.15, -0.1) is 0 Å². The van der Waals surface area contributed by atoms with Gasteiger partial charge in [0.25, 0.3) is 0 Å². The number of hydrogen-bond donors (Lipinski definition) is 0. The summed E-state index contributed by atoms with van der Waals surface area (Å²) in [6.07, 6.45) is 3.27. The third-order valence-corrected chi connectivity index (χ3v) is 3.96. The minimum Gasteiger partial charge on any atom is -0.254 e. The van der Waals surface area contributed by atoms with Crippen molar-refractivity contribution >= 4 is 11.1 Å². The molecule has 0 bridgehead atoms. The van der Waals surface area contributed by atoms with E-state index in [1.54, 1.807) is 36.7 Å². The summed E-state index contributed by atoms with van der Waals surface area (Å²) in [5, 5.41) is 9.67. The number of pyridine rings is 2. The fourth-order valence-corrected chi connectivity index (χ4v) is 2.95. The van der Waals surface area contributed by atoms with Crippen molar-refractivity contribution in [2.24, 2.45) is 0 Å². The van der Waals surface area contributed by atoms with E-state index >= 15 is 0 Å². The molecule has 5 heteroatoms. The highest BCUT2D eigenvalue weighted by atomic mass is 19.2. The van der Waals surface area contributed by atoms with Gasteiger partial charge in [-0.1, -0.05) is 24.3 Å². The van der Waals surface area contributed by atoms with Crippen molar-refractivity contribution < 1.29 is 8.78 Å². The summed E-state index contributed by atoms with van der Waals surface area (Å²) in [4.78, 5) is 8.65. The smallest absolute Gasteiger partial charge is 0.167 e. The van der Waals surface area contributed by atoms with Crippen molar-refractivity contribution in [3.05, 3.63) is 83.2 Å². The van der Waals surface area contributed by atoms with Crippen molar-refractivity contribution in [2.45, 2.75) is 0 Å². The first-order chi connectivity index (χ1) is 11.7. The van der Waals surface area contributed by atoms with E-state index < -0.39 is 11.6 Å². The Morgan fingerprint density at radius 1 is 0.875 bits per heavy atom. The molecule has 0 saturated heterocycles. The summed E-state index contributed by atoms with van der Waals surface area (Å²) in [7, 11) is 0. The minimum absolute atomic E-state index is 0.0630. The zero-order valence-corrected chi connectivity index (χ0v) is 12.3. The molecular weight excluding hydrogens is 308 g/mol. The second kappa shape index (κ2) is 5.36. The summed E-state index contributed by atoms with van der Waals surface area (Å²) in [6.45, 7) is 0. The van der Waals surface area contributed by atoms with Gasteiger partial charge in [-0.25, -0.2) is 8.78 Å². The average molecular weight is 317 g/mol. The zero-order valence-electron chi connectivity index (χ0n) is 12.3. The number of halogens is 2. The Kier molecular flexibility index (Phi) is 3.17.